The van der Waals surface area contributed by atoms with Crippen LogP contribution >= 0.6 is 0 Å². The minimum Gasteiger partial charge on any atom is -0.343 e. The minimum absolute atomic E-state index is 0.0957. The molecule has 1 aliphatic heterocycles. The number of carbonyl (C=O) groups excluding carboxylic acids is 2. The van der Waals surface area contributed by atoms with Crippen molar-refractivity contribution in [1.29, 1.82) is 0 Å². The van der Waals surface area contributed by atoms with Crippen LogP contribution in [-0.2, 0) is 9.59 Å². The molecule has 1 saturated heterocycles. The topological polar surface area (TPSA) is 64.7 Å². The zero-order valence-corrected chi connectivity index (χ0v) is 14.6. The summed E-state index contributed by atoms with van der Waals surface area (Å²) >= 11 is 0. The van der Waals surface area contributed by atoms with Crippen LogP contribution in [0, 0.1) is 11.8 Å². The van der Waals surface area contributed by atoms with Gasteiger partial charge >= 0.3 is 0 Å². The van der Waals surface area contributed by atoms with E-state index in [1.165, 1.54) is 0 Å². The largest absolute Gasteiger partial charge is 0.343 e. The van der Waals surface area contributed by atoms with Gasteiger partial charge in [0.1, 0.15) is 5.78 Å². The van der Waals surface area contributed by atoms with Crippen LogP contribution in [0.1, 0.15) is 39.0 Å². The lowest BCUT2D eigenvalue weighted by atomic mass is 9.80. The molecule has 2 fully saturated rings. The van der Waals surface area contributed by atoms with E-state index in [1.54, 1.807) is 6.92 Å². The Labute approximate surface area is 140 Å². The Morgan fingerprint density at radius 2 is 1.48 bits per heavy atom. The normalized spacial score (nSPS) is 27.4. The molecule has 6 nitrogen and oxygen atoms in total. The fourth-order valence-electron chi connectivity index (χ4n) is 3.66. The smallest absolute Gasteiger partial charge is 0.224 e. The molecule has 2 rings (SSSR count). The molecule has 2 aliphatic rings. The summed E-state index contributed by atoms with van der Waals surface area (Å²) in [4.78, 5) is 28.5. The summed E-state index contributed by atoms with van der Waals surface area (Å²) in [7, 11) is 1.98. The van der Waals surface area contributed by atoms with Crippen molar-refractivity contribution in [2.75, 3.05) is 46.6 Å². The number of ketones is 1. The van der Waals surface area contributed by atoms with Gasteiger partial charge < -0.3 is 10.6 Å². The third kappa shape index (κ3) is 5.86. The van der Waals surface area contributed by atoms with Crippen molar-refractivity contribution in [3.05, 3.63) is 0 Å². The molecule has 1 saturated carbocycles. The van der Waals surface area contributed by atoms with Gasteiger partial charge in [0, 0.05) is 44.7 Å². The molecular formula is C17H32N4O2. The molecule has 0 bridgehead atoms. The third-order valence-electron chi connectivity index (χ3n) is 5.21. The molecule has 1 aliphatic carbocycles. The molecule has 0 aromatic rings. The quantitative estimate of drug-likeness (QED) is 0.751. The predicted octanol–water partition coefficient (Wildman–Crippen LogP) is 0.640. The highest BCUT2D eigenvalue weighted by atomic mass is 16.2. The van der Waals surface area contributed by atoms with E-state index in [1.807, 2.05) is 7.05 Å². The van der Waals surface area contributed by atoms with Crippen LogP contribution in [0.5, 0.6) is 0 Å². The molecule has 1 amide bonds. The molecule has 0 atom stereocenters. The number of amides is 1. The Kier molecular flexibility index (Phi) is 7.46. The Bertz CT molecular complexity index is 394. The van der Waals surface area contributed by atoms with Gasteiger partial charge in [-0.2, -0.15) is 0 Å². The fraction of sp³-hybridized carbons (Fsp3) is 0.882. The van der Waals surface area contributed by atoms with E-state index in [4.69, 9.17) is 0 Å². The van der Waals surface area contributed by atoms with E-state index in [0.29, 0.717) is 6.67 Å². The first-order chi connectivity index (χ1) is 11.1. The van der Waals surface area contributed by atoms with Crippen LogP contribution < -0.4 is 10.6 Å². The molecule has 0 spiro atoms. The number of carbonyl (C=O) groups is 2. The maximum absolute atomic E-state index is 12.3. The van der Waals surface area contributed by atoms with Gasteiger partial charge in [-0.25, -0.2) is 0 Å². The Morgan fingerprint density at radius 3 is 2.04 bits per heavy atom. The summed E-state index contributed by atoms with van der Waals surface area (Å²) in [5.41, 5.74) is 0. The van der Waals surface area contributed by atoms with Gasteiger partial charge in [0.25, 0.3) is 0 Å². The summed E-state index contributed by atoms with van der Waals surface area (Å²) < 4.78 is 0. The minimum atomic E-state index is 0.0957. The molecule has 0 radical (unpaired) electrons. The monoisotopic (exact) mass is 324 g/mol. The molecule has 6 heteroatoms. The van der Waals surface area contributed by atoms with Crippen molar-refractivity contribution in [2.24, 2.45) is 11.8 Å². The van der Waals surface area contributed by atoms with E-state index in [2.05, 4.69) is 20.4 Å². The van der Waals surface area contributed by atoms with Crippen LogP contribution in [-0.4, -0.2) is 68.1 Å². The van der Waals surface area contributed by atoms with Crippen LogP contribution in [0.25, 0.3) is 0 Å². The van der Waals surface area contributed by atoms with Crippen LogP contribution in [0.3, 0.4) is 0 Å². The van der Waals surface area contributed by atoms with E-state index in [9.17, 15) is 9.59 Å². The zero-order valence-electron chi connectivity index (χ0n) is 14.6. The van der Waals surface area contributed by atoms with Crippen molar-refractivity contribution in [3.63, 3.8) is 0 Å². The maximum atomic E-state index is 12.3. The van der Waals surface area contributed by atoms with Crippen molar-refractivity contribution in [3.8, 4) is 0 Å². The molecule has 132 valence electrons. The Morgan fingerprint density at radius 1 is 0.913 bits per heavy atom. The summed E-state index contributed by atoms with van der Waals surface area (Å²) in [6.07, 6.45) is 4.59. The van der Waals surface area contributed by atoms with Crippen LogP contribution in [0.2, 0.25) is 0 Å². The van der Waals surface area contributed by atoms with Gasteiger partial charge in [-0.05, 0) is 46.1 Å². The second kappa shape index (κ2) is 9.35. The first-order valence-corrected chi connectivity index (χ1v) is 8.97. The molecule has 1 heterocycles. The molecule has 0 unspecified atom stereocenters. The third-order valence-corrected chi connectivity index (χ3v) is 5.21. The van der Waals surface area contributed by atoms with Gasteiger partial charge in [0.2, 0.25) is 5.91 Å². The highest BCUT2D eigenvalue weighted by Gasteiger charge is 2.28. The second-order valence-corrected chi connectivity index (χ2v) is 6.96. The molecule has 0 aromatic heterocycles. The van der Waals surface area contributed by atoms with E-state index in [-0.39, 0.29) is 23.5 Å². The van der Waals surface area contributed by atoms with Gasteiger partial charge in [0.15, 0.2) is 0 Å². The van der Waals surface area contributed by atoms with Crippen molar-refractivity contribution < 1.29 is 9.59 Å². The van der Waals surface area contributed by atoms with Gasteiger partial charge in [0.05, 0.1) is 6.67 Å². The van der Waals surface area contributed by atoms with Gasteiger partial charge in [-0.15, -0.1) is 0 Å². The summed E-state index contributed by atoms with van der Waals surface area (Å²) in [6.45, 7) is 7.44. The fourth-order valence-corrected chi connectivity index (χ4v) is 3.66. The van der Waals surface area contributed by atoms with Gasteiger partial charge in [-0.3, -0.25) is 19.4 Å². The number of hydrogen-bond donors (Lipinski definition) is 2. The number of Topliss-reactive ketones (excluding diaryl/α,β-unsaturated/α-hetero) is 1. The molecule has 23 heavy (non-hydrogen) atoms. The second-order valence-electron chi connectivity index (χ2n) is 6.96. The first-order valence-electron chi connectivity index (χ1n) is 8.97. The summed E-state index contributed by atoms with van der Waals surface area (Å²) in [5, 5.41) is 6.31. The Hall–Kier alpha value is -0.980. The highest BCUT2D eigenvalue weighted by molar-refractivity contribution is 5.80. The van der Waals surface area contributed by atoms with Crippen LogP contribution in [0.15, 0.2) is 0 Å². The van der Waals surface area contributed by atoms with Crippen molar-refractivity contribution in [1.82, 2.24) is 20.4 Å². The zero-order chi connectivity index (χ0) is 16.7. The molecule has 0 aromatic carbocycles. The lowest BCUT2D eigenvalue weighted by Crippen LogP contribution is -2.43. The standard InChI is InChI=1S/C17H32N4O2/c1-14(22)15-4-6-16(7-5-15)17(23)19-13-21-9-3-8-20(10-11-21)12-18-2/h15-16,18H,3-13H2,1-2H3,(H,19,23). The highest BCUT2D eigenvalue weighted by Crippen LogP contribution is 2.29. The number of nitrogens with zero attached hydrogens (tertiary/aromatic N) is 2. The predicted molar refractivity (Wildman–Crippen MR) is 90.8 cm³/mol. The molecule has 2 N–H and O–H groups in total. The number of rotatable bonds is 6. The Balaban J connectivity index is 1.67. The van der Waals surface area contributed by atoms with Crippen molar-refractivity contribution in [2.45, 2.75) is 39.0 Å². The molecular weight excluding hydrogens is 292 g/mol. The lowest BCUT2D eigenvalue weighted by molar-refractivity contribution is -0.129. The average molecular weight is 324 g/mol. The van der Waals surface area contributed by atoms with E-state index >= 15 is 0 Å². The number of hydrogen-bond acceptors (Lipinski definition) is 5. The lowest BCUT2D eigenvalue weighted by Gasteiger charge is -2.27. The SMILES string of the molecule is CNCN1CCCN(CNC(=O)C2CCC(C(C)=O)CC2)CC1. The van der Waals surface area contributed by atoms with Gasteiger partial charge in [-0.1, -0.05) is 0 Å². The van der Waals surface area contributed by atoms with E-state index in [0.717, 1.165) is 65.0 Å². The number of nitrogens with one attached hydrogen (secondary N) is 2. The average Bonchev–Trinajstić information content (AvgIpc) is 2.78. The summed E-state index contributed by atoms with van der Waals surface area (Å²) in [6, 6.07) is 0. The van der Waals surface area contributed by atoms with Crippen LogP contribution in [0.4, 0.5) is 0 Å². The van der Waals surface area contributed by atoms with Crippen molar-refractivity contribution >= 4 is 11.7 Å². The maximum Gasteiger partial charge on any atom is 0.224 e. The summed E-state index contributed by atoms with van der Waals surface area (Å²) in [5.74, 6) is 0.726. The first kappa shape index (κ1) is 18.4. The van der Waals surface area contributed by atoms with E-state index < -0.39 is 0 Å².